The minimum atomic E-state index is 0.880. The summed E-state index contributed by atoms with van der Waals surface area (Å²) < 4.78 is 0. The van der Waals surface area contributed by atoms with E-state index in [1.54, 1.807) is 11.8 Å². The molecule has 0 aliphatic carbocycles. The van der Waals surface area contributed by atoms with Gasteiger partial charge in [0.2, 0.25) is 0 Å². The molecule has 0 saturated heterocycles. The Morgan fingerprint density at radius 2 is 1.89 bits per heavy atom. The Kier molecular flexibility index (Phi) is 7.64. The molecule has 0 bridgehead atoms. The summed E-state index contributed by atoms with van der Waals surface area (Å²) in [4.78, 5) is 3.70. The van der Waals surface area contributed by atoms with Gasteiger partial charge in [-0.25, -0.2) is 0 Å². The van der Waals surface area contributed by atoms with Gasteiger partial charge in [0.25, 0.3) is 0 Å². The molecule has 0 aliphatic heterocycles. The molecule has 0 unspecified atom stereocenters. The first kappa shape index (κ1) is 15.1. The van der Waals surface area contributed by atoms with Crippen molar-refractivity contribution in [2.75, 3.05) is 25.9 Å². The van der Waals surface area contributed by atoms with Crippen LogP contribution in [0.1, 0.15) is 32.3 Å². The Bertz CT molecular complexity index is 397. The molecular formula is C16H23NS. The molecule has 0 heterocycles. The highest BCUT2D eigenvalue weighted by Crippen LogP contribution is 2.14. The normalized spacial score (nSPS) is 10.2. The van der Waals surface area contributed by atoms with Gasteiger partial charge in [-0.1, -0.05) is 31.8 Å². The third kappa shape index (κ3) is 5.62. The van der Waals surface area contributed by atoms with E-state index in [1.165, 1.54) is 17.7 Å². The molecule has 2 heteroatoms. The van der Waals surface area contributed by atoms with Crippen LogP contribution in [-0.2, 0) is 0 Å². The summed E-state index contributed by atoms with van der Waals surface area (Å²) in [6.07, 6.45) is 4.49. The lowest BCUT2D eigenvalue weighted by atomic mass is 10.2. The van der Waals surface area contributed by atoms with Crippen molar-refractivity contribution in [3.05, 3.63) is 29.8 Å². The monoisotopic (exact) mass is 261 g/mol. The average Bonchev–Trinajstić information content (AvgIpc) is 2.39. The minimum Gasteiger partial charge on any atom is -0.292 e. The van der Waals surface area contributed by atoms with E-state index in [9.17, 15) is 0 Å². The standard InChI is InChI=1S/C16H23NS/c1-4-11-17(12-5-2)13-7-9-15-8-6-10-16(14-15)18-3/h6,8,10,14H,4-5,11-13H2,1-3H3. The third-order valence-electron chi connectivity index (χ3n) is 2.68. The van der Waals surface area contributed by atoms with Crippen molar-refractivity contribution in [3.8, 4) is 11.8 Å². The van der Waals surface area contributed by atoms with Crippen molar-refractivity contribution in [3.63, 3.8) is 0 Å². The molecule has 0 N–H and O–H groups in total. The van der Waals surface area contributed by atoms with Gasteiger partial charge in [-0.15, -0.1) is 11.8 Å². The molecule has 1 nitrogen and oxygen atoms in total. The first-order valence-electron chi connectivity index (χ1n) is 6.65. The molecule has 1 aromatic carbocycles. The van der Waals surface area contributed by atoms with E-state index in [0.717, 1.165) is 25.2 Å². The number of hydrogen-bond acceptors (Lipinski definition) is 2. The zero-order valence-electron chi connectivity index (χ0n) is 11.7. The summed E-state index contributed by atoms with van der Waals surface area (Å²) in [7, 11) is 0. The lowest BCUT2D eigenvalue weighted by molar-refractivity contribution is 0.308. The van der Waals surface area contributed by atoms with Gasteiger partial charge in [-0.05, 0) is 50.4 Å². The molecule has 0 radical (unpaired) electrons. The number of nitrogens with zero attached hydrogens (tertiary/aromatic N) is 1. The van der Waals surface area contributed by atoms with E-state index in [-0.39, 0.29) is 0 Å². The zero-order valence-corrected chi connectivity index (χ0v) is 12.5. The number of hydrogen-bond donors (Lipinski definition) is 0. The van der Waals surface area contributed by atoms with Crippen molar-refractivity contribution in [1.29, 1.82) is 0 Å². The molecule has 0 aliphatic rings. The van der Waals surface area contributed by atoms with Gasteiger partial charge in [0.1, 0.15) is 0 Å². The predicted octanol–water partition coefficient (Wildman–Crippen LogP) is 3.88. The summed E-state index contributed by atoms with van der Waals surface area (Å²) in [6, 6.07) is 8.43. The topological polar surface area (TPSA) is 3.24 Å². The highest BCUT2D eigenvalue weighted by atomic mass is 32.2. The fourth-order valence-corrected chi connectivity index (χ4v) is 2.32. The zero-order chi connectivity index (χ0) is 13.2. The molecular weight excluding hydrogens is 238 g/mol. The number of thioether (sulfide) groups is 1. The first-order valence-corrected chi connectivity index (χ1v) is 7.87. The molecule has 0 saturated carbocycles. The Hall–Kier alpha value is -0.910. The maximum absolute atomic E-state index is 3.29. The van der Waals surface area contributed by atoms with Crippen molar-refractivity contribution >= 4 is 11.8 Å². The first-order chi connectivity index (χ1) is 8.80. The molecule has 1 rings (SSSR count). The van der Waals surface area contributed by atoms with Crippen LogP contribution >= 0.6 is 11.8 Å². The largest absolute Gasteiger partial charge is 0.292 e. The van der Waals surface area contributed by atoms with Gasteiger partial charge < -0.3 is 0 Å². The fraction of sp³-hybridized carbons (Fsp3) is 0.500. The molecule has 0 amide bonds. The van der Waals surface area contributed by atoms with Crippen LogP contribution in [0.2, 0.25) is 0 Å². The van der Waals surface area contributed by atoms with Gasteiger partial charge in [0, 0.05) is 10.5 Å². The van der Waals surface area contributed by atoms with Gasteiger partial charge in [0.05, 0.1) is 6.54 Å². The van der Waals surface area contributed by atoms with Crippen LogP contribution in [0, 0.1) is 11.8 Å². The van der Waals surface area contributed by atoms with Crippen LogP contribution in [0.15, 0.2) is 29.2 Å². The summed E-state index contributed by atoms with van der Waals surface area (Å²) in [5.74, 6) is 6.55. The quantitative estimate of drug-likeness (QED) is 0.565. The van der Waals surface area contributed by atoms with Crippen molar-refractivity contribution < 1.29 is 0 Å². The Morgan fingerprint density at radius 3 is 2.50 bits per heavy atom. The van der Waals surface area contributed by atoms with E-state index in [1.807, 2.05) is 0 Å². The summed E-state index contributed by atoms with van der Waals surface area (Å²) in [5, 5.41) is 0. The van der Waals surface area contributed by atoms with Gasteiger partial charge >= 0.3 is 0 Å². The third-order valence-corrected chi connectivity index (χ3v) is 3.41. The average molecular weight is 261 g/mol. The second kappa shape index (κ2) is 9.08. The second-order valence-corrected chi connectivity index (χ2v) is 5.19. The summed E-state index contributed by atoms with van der Waals surface area (Å²) in [5.41, 5.74) is 1.12. The molecule has 0 fully saturated rings. The van der Waals surface area contributed by atoms with Crippen molar-refractivity contribution in [2.24, 2.45) is 0 Å². The predicted molar refractivity (Wildman–Crippen MR) is 82.1 cm³/mol. The Balaban J connectivity index is 2.57. The molecule has 98 valence electrons. The van der Waals surface area contributed by atoms with Gasteiger partial charge in [-0.2, -0.15) is 0 Å². The molecule has 0 spiro atoms. The maximum Gasteiger partial charge on any atom is 0.0605 e. The summed E-state index contributed by atoms with van der Waals surface area (Å²) in [6.45, 7) is 7.61. The molecule has 0 atom stereocenters. The lowest BCUT2D eigenvalue weighted by Gasteiger charge is -2.17. The van der Waals surface area contributed by atoms with Crippen LogP contribution in [-0.4, -0.2) is 30.8 Å². The van der Waals surface area contributed by atoms with E-state index in [4.69, 9.17) is 0 Å². The fourth-order valence-electron chi connectivity index (χ4n) is 1.86. The Labute approximate surface area is 116 Å². The summed E-state index contributed by atoms with van der Waals surface area (Å²) >= 11 is 1.76. The second-order valence-electron chi connectivity index (χ2n) is 4.31. The SMILES string of the molecule is CCCN(CC#Cc1cccc(SC)c1)CCC. The molecule has 18 heavy (non-hydrogen) atoms. The van der Waals surface area contributed by atoms with Gasteiger partial charge in [0.15, 0.2) is 0 Å². The Morgan fingerprint density at radius 1 is 1.17 bits per heavy atom. The highest BCUT2D eigenvalue weighted by Gasteiger charge is 1.98. The van der Waals surface area contributed by atoms with Crippen LogP contribution < -0.4 is 0 Å². The van der Waals surface area contributed by atoms with Crippen LogP contribution in [0.4, 0.5) is 0 Å². The van der Waals surface area contributed by atoms with E-state index in [2.05, 4.69) is 61.1 Å². The smallest absolute Gasteiger partial charge is 0.0605 e. The molecule has 1 aromatic rings. The van der Waals surface area contributed by atoms with Crippen LogP contribution in [0.25, 0.3) is 0 Å². The number of rotatable bonds is 6. The maximum atomic E-state index is 3.29. The van der Waals surface area contributed by atoms with E-state index in [0.29, 0.717) is 0 Å². The van der Waals surface area contributed by atoms with Gasteiger partial charge in [-0.3, -0.25) is 4.90 Å². The number of benzene rings is 1. The van der Waals surface area contributed by atoms with E-state index >= 15 is 0 Å². The lowest BCUT2D eigenvalue weighted by Crippen LogP contribution is -2.25. The highest BCUT2D eigenvalue weighted by molar-refractivity contribution is 7.98. The van der Waals surface area contributed by atoms with Crippen LogP contribution in [0.3, 0.4) is 0 Å². The van der Waals surface area contributed by atoms with Crippen molar-refractivity contribution in [1.82, 2.24) is 4.90 Å². The van der Waals surface area contributed by atoms with Crippen LogP contribution in [0.5, 0.6) is 0 Å². The minimum absolute atomic E-state index is 0.880. The van der Waals surface area contributed by atoms with Crippen molar-refractivity contribution in [2.45, 2.75) is 31.6 Å². The van der Waals surface area contributed by atoms with E-state index < -0.39 is 0 Å². The molecule has 0 aromatic heterocycles.